The van der Waals surface area contributed by atoms with Gasteiger partial charge in [0.15, 0.2) is 0 Å². The summed E-state index contributed by atoms with van der Waals surface area (Å²) in [6.07, 6.45) is 2.25. The van der Waals surface area contributed by atoms with Crippen LogP contribution in [0.2, 0.25) is 5.02 Å². The molecule has 1 aromatic heterocycles. The highest BCUT2D eigenvalue weighted by Gasteiger charge is 2.31. The normalized spacial score (nSPS) is 13.9. The number of nitrogens with one attached hydrogen (secondary N) is 1. The number of para-hydroxylation sites is 1. The number of aryl methyl sites for hydroxylation is 1. The Morgan fingerprint density at radius 1 is 1.05 bits per heavy atom. The van der Waals surface area contributed by atoms with E-state index in [2.05, 4.69) is 15.2 Å². The first kappa shape index (κ1) is 25.4. The minimum atomic E-state index is -0.913. The van der Waals surface area contributed by atoms with E-state index in [0.29, 0.717) is 16.4 Å². The molecule has 3 amide bonds. The molecule has 1 aliphatic rings. The number of nitrogens with two attached hydrogens (primary N) is 1. The van der Waals surface area contributed by atoms with Gasteiger partial charge in [0.25, 0.3) is 0 Å². The molecular weight excluding hydrogens is 500 g/mol. The third-order valence-corrected chi connectivity index (χ3v) is 7.07. The van der Waals surface area contributed by atoms with Gasteiger partial charge in [-0.15, -0.1) is 0 Å². The maximum absolute atomic E-state index is 13.8. The third-order valence-electron chi connectivity index (χ3n) is 6.82. The van der Waals surface area contributed by atoms with Gasteiger partial charge in [-0.3, -0.25) is 14.7 Å². The van der Waals surface area contributed by atoms with Crippen LogP contribution in [0.3, 0.4) is 0 Å². The number of aliphatic imine (C=N–C) groups is 1. The number of hydrogen-bond donors (Lipinski definition) is 2. The van der Waals surface area contributed by atoms with Crippen molar-refractivity contribution in [1.29, 1.82) is 0 Å². The van der Waals surface area contributed by atoms with Gasteiger partial charge in [0.1, 0.15) is 11.9 Å². The number of aromatic nitrogens is 1. The topological polar surface area (TPSA) is 96.0 Å². The first-order valence-electron chi connectivity index (χ1n) is 12.4. The van der Waals surface area contributed by atoms with Gasteiger partial charge in [-0.25, -0.2) is 4.79 Å². The van der Waals surface area contributed by atoms with E-state index < -0.39 is 12.1 Å². The van der Waals surface area contributed by atoms with Gasteiger partial charge >= 0.3 is 6.03 Å². The molecule has 2 heterocycles. The van der Waals surface area contributed by atoms with Gasteiger partial charge < -0.3 is 20.5 Å². The van der Waals surface area contributed by atoms with Crippen LogP contribution < -0.4 is 16.0 Å². The number of rotatable bonds is 7. The number of benzene rings is 3. The van der Waals surface area contributed by atoms with Gasteiger partial charge in [0.2, 0.25) is 5.91 Å². The van der Waals surface area contributed by atoms with E-state index in [-0.39, 0.29) is 12.3 Å². The number of urea groups is 1. The van der Waals surface area contributed by atoms with Crippen molar-refractivity contribution in [2.45, 2.75) is 12.5 Å². The van der Waals surface area contributed by atoms with Crippen molar-refractivity contribution in [3.8, 4) is 0 Å². The van der Waals surface area contributed by atoms with Crippen LogP contribution >= 0.6 is 11.6 Å². The highest BCUT2D eigenvalue weighted by atomic mass is 35.5. The van der Waals surface area contributed by atoms with Gasteiger partial charge in [0, 0.05) is 66.1 Å². The Bertz CT molecular complexity index is 1510. The van der Waals surface area contributed by atoms with Crippen molar-refractivity contribution in [2.75, 3.05) is 30.4 Å². The zero-order valence-corrected chi connectivity index (χ0v) is 22.0. The molecule has 1 unspecified atom stereocenters. The number of nitrogens with zero attached hydrogens (tertiary/aromatic N) is 4. The summed E-state index contributed by atoms with van der Waals surface area (Å²) in [5, 5.41) is 4.52. The lowest BCUT2D eigenvalue weighted by atomic mass is 10.0. The lowest BCUT2D eigenvalue weighted by molar-refractivity contribution is -0.117. The Kier molecular flexibility index (Phi) is 7.07. The van der Waals surface area contributed by atoms with E-state index >= 15 is 0 Å². The number of likely N-dealkylation sites (N-methyl/N-ethyl adjacent to an activating group) is 1. The maximum Gasteiger partial charge on any atom is 0.320 e. The first-order chi connectivity index (χ1) is 18.3. The summed E-state index contributed by atoms with van der Waals surface area (Å²) in [6, 6.07) is 20.6. The molecule has 9 heteroatoms. The Hall–Kier alpha value is -4.30. The monoisotopic (exact) mass is 528 g/mol. The van der Waals surface area contributed by atoms with Gasteiger partial charge in [-0.05, 0) is 60.2 Å². The quantitative estimate of drug-likeness (QED) is 0.365. The molecule has 3 N–H and O–H groups in total. The minimum absolute atomic E-state index is 0.262. The number of halogens is 1. The zero-order chi connectivity index (χ0) is 26.8. The molecular formula is C29H29ClN6O2. The standard InChI is InChI=1S/C29H29ClN6O2/c1-34-16-15-32-27(34)19-7-11-22(12-8-19)33-28(37)26(36(29(31)38)23-13-9-21(30)10-14-23)17-20-18-35(2)25-6-4-3-5-24(20)25/h3-14,18,26H,15-17H2,1-2H3,(H2,31,38)(H,33,37). The fourth-order valence-electron chi connectivity index (χ4n) is 4.93. The van der Waals surface area contributed by atoms with Gasteiger partial charge in [-0.2, -0.15) is 0 Å². The van der Waals surface area contributed by atoms with Crippen LogP contribution in [-0.4, -0.2) is 53.4 Å². The van der Waals surface area contributed by atoms with E-state index in [4.69, 9.17) is 17.3 Å². The number of carbonyl (C=O) groups is 2. The Morgan fingerprint density at radius 2 is 1.76 bits per heavy atom. The van der Waals surface area contributed by atoms with Crippen molar-refractivity contribution in [3.63, 3.8) is 0 Å². The van der Waals surface area contributed by atoms with Crippen molar-refractivity contribution in [1.82, 2.24) is 9.47 Å². The van der Waals surface area contributed by atoms with E-state index in [1.54, 1.807) is 24.3 Å². The summed E-state index contributed by atoms with van der Waals surface area (Å²) in [4.78, 5) is 34.6. The van der Waals surface area contributed by atoms with E-state index in [0.717, 1.165) is 41.0 Å². The SMILES string of the molecule is CN1CCN=C1c1ccc(NC(=O)C(Cc2cn(C)c3ccccc23)N(C(N)=O)c2ccc(Cl)cc2)cc1. The Balaban J connectivity index is 1.48. The van der Waals surface area contributed by atoms with Gasteiger partial charge in [0.05, 0.1) is 6.54 Å². The number of amides is 3. The van der Waals surface area contributed by atoms with E-state index in [9.17, 15) is 9.59 Å². The summed E-state index contributed by atoms with van der Waals surface area (Å²) < 4.78 is 2.01. The predicted molar refractivity (Wildman–Crippen MR) is 153 cm³/mol. The molecule has 4 aromatic rings. The molecule has 1 aliphatic heterocycles. The number of primary amides is 1. The molecule has 0 spiro atoms. The molecule has 38 heavy (non-hydrogen) atoms. The Morgan fingerprint density at radius 3 is 2.42 bits per heavy atom. The summed E-state index contributed by atoms with van der Waals surface area (Å²) >= 11 is 6.08. The molecule has 0 fully saturated rings. The number of anilines is 2. The molecule has 194 valence electrons. The average Bonchev–Trinajstić information content (AvgIpc) is 3.48. The predicted octanol–water partition coefficient (Wildman–Crippen LogP) is 4.66. The molecule has 0 saturated heterocycles. The molecule has 0 bridgehead atoms. The molecule has 8 nitrogen and oxygen atoms in total. The van der Waals surface area contributed by atoms with Crippen LogP contribution in [0.1, 0.15) is 11.1 Å². The van der Waals surface area contributed by atoms with Crippen LogP contribution in [0, 0.1) is 0 Å². The largest absolute Gasteiger partial charge is 0.358 e. The maximum atomic E-state index is 13.8. The fraction of sp³-hybridized carbons (Fsp3) is 0.207. The molecule has 0 aliphatic carbocycles. The molecule has 1 atom stereocenters. The van der Waals surface area contributed by atoms with Crippen LogP contribution in [0.5, 0.6) is 0 Å². The highest BCUT2D eigenvalue weighted by molar-refractivity contribution is 6.30. The van der Waals surface area contributed by atoms with Crippen LogP contribution in [0.25, 0.3) is 10.9 Å². The summed E-state index contributed by atoms with van der Waals surface area (Å²) in [6.45, 7) is 1.66. The van der Waals surface area contributed by atoms with Crippen molar-refractivity contribution < 1.29 is 9.59 Å². The molecule has 0 saturated carbocycles. The first-order valence-corrected chi connectivity index (χ1v) is 12.7. The molecule has 0 radical (unpaired) electrons. The number of amidine groups is 1. The fourth-order valence-corrected chi connectivity index (χ4v) is 5.06. The van der Waals surface area contributed by atoms with E-state index in [1.807, 2.05) is 73.4 Å². The smallest absolute Gasteiger partial charge is 0.320 e. The lowest BCUT2D eigenvalue weighted by Crippen LogP contribution is -2.51. The minimum Gasteiger partial charge on any atom is -0.358 e. The van der Waals surface area contributed by atoms with Crippen LogP contribution in [-0.2, 0) is 18.3 Å². The number of carbonyl (C=O) groups excluding carboxylic acids is 2. The summed E-state index contributed by atoms with van der Waals surface area (Å²) in [5.74, 6) is 0.578. The van der Waals surface area contributed by atoms with Gasteiger partial charge in [-0.1, -0.05) is 29.8 Å². The second-order valence-corrected chi connectivity index (χ2v) is 9.82. The van der Waals surface area contributed by atoms with Crippen molar-refractivity contribution >= 4 is 51.7 Å². The number of fused-ring (bicyclic) bond motifs is 1. The van der Waals surface area contributed by atoms with Crippen molar-refractivity contribution in [3.05, 3.63) is 95.1 Å². The van der Waals surface area contributed by atoms with Crippen LogP contribution in [0.15, 0.2) is 84.0 Å². The summed E-state index contributed by atoms with van der Waals surface area (Å²) in [5.41, 5.74) is 9.91. The Labute approximate surface area is 226 Å². The average molecular weight is 529 g/mol. The van der Waals surface area contributed by atoms with Crippen molar-refractivity contribution in [2.24, 2.45) is 17.8 Å². The number of hydrogen-bond acceptors (Lipinski definition) is 4. The third kappa shape index (κ3) is 5.08. The highest BCUT2D eigenvalue weighted by Crippen LogP contribution is 2.27. The molecule has 3 aromatic carbocycles. The molecule has 5 rings (SSSR count). The van der Waals surface area contributed by atoms with Crippen LogP contribution in [0.4, 0.5) is 16.2 Å². The second-order valence-electron chi connectivity index (χ2n) is 9.38. The second kappa shape index (κ2) is 10.6. The van der Waals surface area contributed by atoms with E-state index in [1.165, 1.54) is 4.90 Å². The summed E-state index contributed by atoms with van der Waals surface area (Å²) in [7, 11) is 3.97. The lowest BCUT2D eigenvalue weighted by Gasteiger charge is -2.29. The zero-order valence-electron chi connectivity index (χ0n) is 21.3.